The molecule has 0 atom stereocenters. The molecule has 2 N–H and O–H groups in total. The third-order valence-corrected chi connectivity index (χ3v) is 2.88. The van der Waals surface area contributed by atoms with Gasteiger partial charge in [0.25, 0.3) is 0 Å². The Morgan fingerprint density at radius 2 is 1.47 bits per heavy atom. The lowest BCUT2D eigenvalue weighted by molar-refractivity contribution is -0.144. The summed E-state index contributed by atoms with van der Waals surface area (Å²) in [5, 5.41) is 5.18. The van der Waals surface area contributed by atoms with Crippen LogP contribution in [-0.4, -0.2) is 16.9 Å². The van der Waals surface area contributed by atoms with Crippen LogP contribution in [-0.2, 0) is 9.59 Å². The summed E-state index contributed by atoms with van der Waals surface area (Å²) in [7, 11) is 0. The maximum Gasteiger partial charge on any atom is 0.241 e. The number of rotatable bonds is 4. The summed E-state index contributed by atoms with van der Waals surface area (Å²) in [4.78, 5) is 23.7. The van der Waals surface area contributed by atoms with Gasteiger partial charge in [-0.05, 0) is 25.1 Å². The minimum absolute atomic E-state index is 0.118. The van der Waals surface area contributed by atoms with E-state index in [4.69, 9.17) is 12.2 Å². The van der Waals surface area contributed by atoms with Crippen LogP contribution in [0, 0.1) is 5.41 Å². The highest BCUT2D eigenvalue weighted by atomic mass is 32.1. The van der Waals surface area contributed by atoms with E-state index >= 15 is 0 Å². The summed E-state index contributed by atoms with van der Waals surface area (Å²) in [5.41, 5.74) is -0.911. The summed E-state index contributed by atoms with van der Waals surface area (Å²) < 4.78 is 0. The van der Waals surface area contributed by atoms with Crippen molar-refractivity contribution in [2.75, 3.05) is 0 Å². The monoisotopic (exact) mass is 228 g/mol. The van der Waals surface area contributed by atoms with Gasteiger partial charge in [-0.15, -0.1) is 0 Å². The number of hydrogen-bond donors (Lipinski definition) is 2. The van der Waals surface area contributed by atoms with Crippen molar-refractivity contribution in [1.29, 1.82) is 0 Å². The van der Waals surface area contributed by atoms with Gasteiger partial charge in [-0.25, -0.2) is 0 Å². The van der Waals surface area contributed by atoms with E-state index in [9.17, 15) is 9.59 Å². The second-order valence-electron chi connectivity index (χ2n) is 3.82. The van der Waals surface area contributed by atoms with Crippen molar-refractivity contribution in [2.45, 2.75) is 39.5 Å². The molecule has 1 heterocycles. The van der Waals surface area contributed by atoms with Gasteiger partial charge in [-0.3, -0.25) is 9.59 Å². The SMILES string of the molecule is CCCC1(CCC)C(=O)NC(=S)NC1=O. The van der Waals surface area contributed by atoms with E-state index in [0.717, 1.165) is 12.8 Å². The van der Waals surface area contributed by atoms with Crippen LogP contribution in [0.1, 0.15) is 39.5 Å². The van der Waals surface area contributed by atoms with Gasteiger partial charge in [0, 0.05) is 0 Å². The molecule has 4 nitrogen and oxygen atoms in total. The summed E-state index contributed by atoms with van der Waals surface area (Å²) in [6.45, 7) is 3.93. The molecule has 0 aromatic rings. The fourth-order valence-corrected chi connectivity index (χ4v) is 2.20. The van der Waals surface area contributed by atoms with E-state index in [1.807, 2.05) is 13.8 Å². The first-order valence-electron chi connectivity index (χ1n) is 5.23. The van der Waals surface area contributed by atoms with Crippen LogP contribution in [0.15, 0.2) is 0 Å². The molecule has 1 aliphatic heterocycles. The minimum Gasteiger partial charge on any atom is -0.302 e. The highest BCUT2D eigenvalue weighted by Gasteiger charge is 2.47. The molecule has 0 aromatic carbocycles. The van der Waals surface area contributed by atoms with Crippen LogP contribution < -0.4 is 10.6 Å². The normalized spacial score (nSPS) is 19.7. The van der Waals surface area contributed by atoms with Gasteiger partial charge in [0.05, 0.1) is 0 Å². The topological polar surface area (TPSA) is 58.2 Å². The fraction of sp³-hybridized carbons (Fsp3) is 0.700. The van der Waals surface area contributed by atoms with Crippen LogP contribution in [0.25, 0.3) is 0 Å². The number of nitrogens with one attached hydrogen (secondary N) is 2. The van der Waals surface area contributed by atoms with Crippen molar-refractivity contribution in [1.82, 2.24) is 10.6 Å². The molecule has 0 unspecified atom stereocenters. The summed E-state index contributed by atoms with van der Waals surface area (Å²) in [6.07, 6.45) is 2.74. The molecule has 2 amide bonds. The molecule has 0 aliphatic carbocycles. The Balaban J connectivity index is 2.97. The quantitative estimate of drug-likeness (QED) is 0.559. The zero-order chi connectivity index (χ0) is 11.5. The molecule has 0 spiro atoms. The Bertz CT molecular complexity index is 274. The van der Waals surface area contributed by atoms with Gasteiger partial charge in [0.1, 0.15) is 5.41 Å². The number of amides is 2. The highest BCUT2D eigenvalue weighted by Crippen LogP contribution is 2.32. The predicted molar refractivity (Wildman–Crippen MR) is 61.1 cm³/mol. The van der Waals surface area contributed by atoms with E-state index in [1.165, 1.54) is 0 Å². The number of carbonyl (C=O) groups excluding carboxylic acids is 2. The maximum absolute atomic E-state index is 11.9. The molecule has 0 bridgehead atoms. The Morgan fingerprint density at radius 1 is 1.07 bits per heavy atom. The van der Waals surface area contributed by atoms with Crippen molar-refractivity contribution >= 4 is 29.1 Å². The van der Waals surface area contributed by atoms with Crippen LogP contribution in [0.4, 0.5) is 0 Å². The van der Waals surface area contributed by atoms with Crippen molar-refractivity contribution in [3.63, 3.8) is 0 Å². The summed E-state index contributed by atoms with van der Waals surface area (Å²) in [6, 6.07) is 0. The molecule has 1 saturated heterocycles. The third-order valence-electron chi connectivity index (χ3n) is 2.68. The summed E-state index contributed by atoms with van der Waals surface area (Å²) in [5.74, 6) is -0.500. The van der Waals surface area contributed by atoms with Gasteiger partial charge in [-0.2, -0.15) is 0 Å². The molecule has 0 radical (unpaired) electrons. The van der Waals surface area contributed by atoms with E-state index in [2.05, 4.69) is 10.6 Å². The molecular weight excluding hydrogens is 212 g/mol. The van der Waals surface area contributed by atoms with Crippen molar-refractivity contribution in [2.24, 2.45) is 5.41 Å². The van der Waals surface area contributed by atoms with Crippen LogP contribution in [0.5, 0.6) is 0 Å². The molecule has 0 aromatic heterocycles. The van der Waals surface area contributed by atoms with Crippen molar-refractivity contribution in [3.05, 3.63) is 0 Å². The van der Waals surface area contributed by atoms with E-state index in [1.54, 1.807) is 0 Å². The Morgan fingerprint density at radius 3 is 1.80 bits per heavy atom. The molecular formula is C10H16N2O2S. The highest BCUT2D eigenvalue weighted by molar-refractivity contribution is 7.80. The van der Waals surface area contributed by atoms with Crippen molar-refractivity contribution in [3.8, 4) is 0 Å². The lowest BCUT2D eigenvalue weighted by Gasteiger charge is -2.34. The van der Waals surface area contributed by atoms with E-state index in [-0.39, 0.29) is 16.9 Å². The molecule has 1 fully saturated rings. The second kappa shape index (κ2) is 4.70. The largest absolute Gasteiger partial charge is 0.302 e. The first kappa shape index (κ1) is 12.1. The zero-order valence-corrected chi connectivity index (χ0v) is 9.87. The molecule has 1 aliphatic rings. The van der Waals surface area contributed by atoms with Gasteiger partial charge in [0.2, 0.25) is 11.8 Å². The first-order chi connectivity index (χ1) is 7.06. The van der Waals surface area contributed by atoms with Gasteiger partial charge < -0.3 is 10.6 Å². The van der Waals surface area contributed by atoms with Gasteiger partial charge in [-0.1, -0.05) is 26.7 Å². The van der Waals surface area contributed by atoms with Crippen LogP contribution in [0.3, 0.4) is 0 Å². The second-order valence-corrected chi connectivity index (χ2v) is 4.23. The molecule has 1 rings (SSSR count). The maximum atomic E-state index is 11.9. The average Bonchev–Trinajstić information content (AvgIpc) is 2.14. The lowest BCUT2D eigenvalue weighted by Crippen LogP contribution is -2.62. The molecule has 15 heavy (non-hydrogen) atoms. The number of carbonyl (C=O) groups is 2. The fourth-order valence-electron chi connectivity index (χ4n) is 2.01. The lowest BCUT2D eigenvalue weighted by atomic mass is 9.76. The van der Waals surface area contributed by atoms with Crippen molar-refractivity contribution < 1.29 is 9.59 Å². The molecule has 5 heteroatoms. The Labute approximate surface area is 94.8 Å². The molecule has 84 valence electrons. The number of hydrogen-bond acceptors (Lipinski definition) is 3. The van der Waals surface area contributed by atoms with E-state index < -0.39 is 5.41 Å². The minimum atomic E-state index is -0.911. The predicted octanol–water partition coefficient (Wildman–Crippen LogP) is 1.10. The van der Waals surface area contributed by atoms with Crippen LogP contribution in [0.2, 0.25) is 0 Å². The van der Waals surface area contributed by atoms with Gasteiger partial charge in [0.15, 0.2) is 5.11 Å². The first-order valence-corrected chi connectivity index (χ1v) is 5.64. The van der Waals surface area contributed by atoms with E-state index in [0.29, 0.717) is 12.8 Å². The number of thiocarbonyl (C=S) groups is 1. The van der Waals surface area contributed by atoms with Gasteiger partial charge >= 0.3 is 0 Å². The van der Waals surface area contributed by atoms with Crippen LogP contribution >= 0.6 is 12.2 Å². The summed E-state index contributed by atoms with van der Waals surface area (Å²) >= 11 is 4.77. The smallest absolute Gasteiger partial charge is 0.241 e. The Kier molecular flexibility index (Phi) is 3.79. The molecule has 0 saturated carbocycles. The average molecular weight is 228 g/mol. The zero-order valence-electron chi connectivity index (χ0n) is 9.05. The standard InChI is InChI=1S/C10H16N2O2S/c1-3-5-10(6-4-2)7(13)11-9(15)12-8(10)14/h3-6H2,1-2H3,(H2,11,12,13,14,15). The Hall–Kier alpha value is -0.970. The third kappa shape index (κ3) is 2.17.